The standard InChI is InChI=1S/C42H37N3O2.Pt/c1-40(2,3)26-20-21-43-34(22-26)29-12-8-9-13-30(29)35-25-39-42(6,7)41(4,5)33-19-17-27(23-36(33)45(39)44-35)46-28-16-18-32-31-14-10-11-15-37(31)47-38(32)24-28;/h8-15,17-22,24-25H,1-7H3;/q-2;+2. The Balaban J connectivity index is 0.00000364. The summed E-state index contributed by atoms with van der Waals surface area (Å²) < 4.78 is 14.5. The number of fused-ring (bicyclic) bond motifs is 6. The third-order valence-corrected chi connectivity index (χ3v) is 10.3. The molecular weight excluding hydrogens is 774 g/mol. The van der Waals surface area contributed by atoms with E-state index in [1.165, 1.54) is 11.1 Å². The van der Waals surface area contributed by atoms with E-state index in [4.69, 9.17) is 19.2 Å². The Morgan fingerprint density at radius 2 is 1.48 bits per heavy atom. The second-order valence-electron chi connectivity index (χ2n) is 14.7. The van der Waals surface area contributed by atoms with Crippen LogP contribution >= 0.6 is 0 Å². The molecule has 0 saturated carbocycles. The molecule has 48 heavy (non-hydrogen) atoms. The van der Waals surface area contributed by atoms with Gasteiger partial charge >= 0.3 is 21.1 Å². The van der Waals surface area contributed by atoms with E-state index in [2.05, 4.69) is 120 Å². The van der Waals surface area contributed by atoms with E-state index in [1.54, 1.807) is 0 Å². The van der Waals surface area contributed by atoms with Crippen LogP contribution in [-0.2, 0) is 37.3 Å². The van der Waals surface area contributed by atoms with Crippen LogP contribution in [0.3, 0.4) is 0 Å². The number of rotatable bonds is 4. The fourth-order valence-corrected chi connectivity index (χ4v) is 6.78. The molecular formula is C42H37N3O2Pt. The van der Waals surface area contributed by atoms with Crippen molar-refractivity contribution in [2.75, 3.05) is 0 Å². The molecule has 6 heteroatoms. The van der Waals surface area contributed by atoms with Crippen molar-refractivity contribution < 1.29 is 30.2 Å². The van der Waals surface area contributed by atoms with Crippen LogP contribution in [0.1, 0.15) is 65.3 Å². The van der Waals surface area contributed by atoms with Gasteiger partial charge in [-0.2, -0.15) is 17.2 Å². The molecule has 5 nitrogen and oxygen atoms in total. The number of hydrogen-bond donors (Lipinski definition) is 0. The molecule has 0 spiro atoms. The normalized spacial score (nSPS) is 14.7. The second-order valence-corrected chi connectivity index (χ2v) is 14.7. The van der Waals surface area contributed by atoms with E-state index in [1.807, 2.05) is 42.6 Å². The van der Waals surface area contributed by atoms with Crippen LogP contribution in [-0.4, -0.2) is 14.8 Å². The Hall–Kier alpha value is -4.47. The van der Waals surface area contributed by atoms with Gasteiger partial charge in [-0.05, 0) is 51.7 Å². The molecule has 0 aliphatic carbocycles. The number of aromatic nitrogens is 3. The Kier molecular flexibility index (Phi) is 7.56. The van der Waals surface area contributed by atoms with Gasteiger partial charge in [0.2, 0.25) is 0 Å². The zero-order valence-corrected chi connectivity index (χ0v) is 30.5. The fraction of sp³-hybridized carbons (Fsp3) is 0.238. The monoisotopic (exact) mass is 810 g/mol. The van der Waals surface area contributed by atoms with Gasteiger partial charge in [0.1, 0.15) is 5.58 Å². The second kappa shape index (κ2) is 11.3. The van der Waals surface area contributed by atoms with Crippen LogP contribution in [0.4, 0.5) is 0 Å². The minimum Gasteiger partial charge on any atom is -0.509 e. The van der Waals surface area contributed by atoms with Gasteiger partial charge in [0.05, 0.1) is 11.4 Å². The summed E-state index contributed by atoms with van der Waals surface area (Å²) in [6.45, 7) is 15.9. The van der Waals surface area contributed by atoms with Crippen molar-refractivity contribution in [2.24, 2.45) is 0 Å². The Bertz CT molecular complexity index is 2340. The average molecular weight is 811 g/mol. The number of nitrogens with zero attached hydrogens (tertiary/aromatic N) is 3. The quantitative estimate of drug-likeness (QED) is 0.166. The first-order chi connectivity index (χ1) is 22.4. The zero-order chi connectivity index (χ0) is 32.7. The van der Waals surface area contributed by atoms with Gasteiger partial charge in [-0.1, -0.05) is 102 Å². The smallest absolute Gasteiger partial charge is 0.509 e. The Labute approximate surface area is 296 Å². The molecule has 0 radical (unpaired) electrons. The molecule has 4 aromatic carbocycles. The molecule has 0 bridgehead atoms. The molecule has 4 heterocycles. The summed E-state index contributed by atoms with van der Waals surface area (Å²) in [6, 6.07) is 37.8. The Morgan fingerprint density at radius 1 is 0.750 bits per heavy atom. The van der Waals surface area contributed by atoms with Gasteiger partial charge in [0.15, 0.2) is 0 Å². The molecule has 0 fully saturated rings. The molecule has 1 aliphatic rings. The predicted octanol–water partition coefficient (Wildman–Crippen LogP) is 10.8. The molecule has 8 rings (SSSR count). The summed E-state index contributed by atoms with van der Waals surface area (Å²) in [4.78, 5) is 4.79. The first-order valence-electron chi connectivity index (χ1n) is 16.2. The summed E-state index contributed by atoms with van der Waals surface area (Å²) in [5.41, 5.74) is 9.59. The third-order valence-electron chi connectivity index (χ3n) is 10.3. The largest absolute Gasteiger partial charge is 2.00 e. The van der Waals surface area contributed by atoms with Crippen LogP contribution in [0.25, 0.3) is 50.1 Å². The van der Waals surface area contributed by atoms with Crippen LogP contribution in [0.5, 0.6) is 11.5 Å². The van der Waals surface area contributed by atoms with Crippen LogP contribution in [0, 0.1) is 12.1 Å². The number of ether oxygens (including phenoxy) is 1. The van der Waals surface area contributed by atoms with E-state index < -0.39 is 0 Å². The Morgan fingerprint density at radius 3 is 2.25 bits per heavy atom. The van der Waals surface area contributed by atoms with Crippen molar-refractivity contribution in [3.63, 3.8) is 0 Å². The molecule has 0 atom stereocenters. The van der Waals surface area contributed by atoms with E-state index in [0.29, 0.717) is 11.5 Å². The van der Waals surface area contributed by atoms with Crippen molar-refractivity contribution in [1.82, 2.24) is 14.8 Å². The first-order valence-corrected chi connectivity index (χ1v) is 16.2. The summed E-state index contributed by atoms with van der Waals surface area (Å²) in [5.74, 6) is 1.17. The molecule has 7 aromatic rings. The first kappa shape index (κ1) is 32.1. The van der Waals surface area contributed by atoms with Crippen LogP contribution in [0.15, 0.2) is 102 Å². The average Bonchev–Trinajstić information content (AvgIpc) is 3.66. The van der Waals surface area contributed by atoms with Crippen LogP contribution in [0.2, 0.25) is 0 Å². The zero-order valence-electron chi connectivity index (χ0n) is 28.2. The summed E-state index contributed by atoms with van der Waals surface area (Å²) >= 11 is 0. The minimum atomic E-state index is -0.221. The maximum absolute atomic E-state index is 6.37. The molecule has 0 amide bonds. The van der Waals surface area contributed by atoms with Gasteiger partial charge in [-0.25, -0.2) is 0 Å². The molecule has 0 saturated heterocycles. The topological polar surface area (TPSA) is 53.1 Å². The van der Waals surface area contributed by atoms with Crippen LogP contribution < -0.4 is 4.74 Å². The van der Waals surface area contributed by atoms with Gasteiger partial charge in [0, 0.05) is 45.5 Å². The minimum absolute atomic E-state index is 0. The predicted molar refractivity (Wildman–Crippen MR) is 188 cm³/mol. The summed E-state index contributed by atoms with van der Waals surface area (Å²) in [7, 11) is 0. The van der Waals surface area contributed by atoms with Crippen molar-refractivity contribution in [3.05, 3.63) is 126 Å². The maximum atomic E-state index is 6.37. The van der Waals surface area contributed by atoms with Crippen molar-refractivity contribution in [2.45, 2.75) is 64.7 Å². The van der Waals surface area contributed by atoms with Crippen molar-refractivity contribution >= 4 is 21.9 Å². The van der Waals surface area contributed by atoms with Gasteiger partial charge in [-0.3, -0.25) is 9.67 Å². The summed E-state index contributed by atoms with van der Waals surface area (Å²) in [6.07, 6.45) is 1.91. The van der Waals surface area contributed by atoms with E-state index in [9.17, 15) is 0 Å². The van der Waals surface area contributed by atoms with E-state index >= 15 is 0 Å². The molecule has 0 unspecified atom stereocenters. The van der Waals surface area contributed by atoms with E-state index in [-0.39, 0.29) is 37.3 Å². The SMILES string of the molecule is CC(C)(C)c1ccnc(-c2ccccc2-c2cc3n(n2)-c2[c-]c(Oc4[c-]cc5c(c4)oc4ccccc45)ccc2C(C)(C)C3(C)C)c1.[Pt+2]. The molecule has 3 aromatic heterocycles. The van der Waals surface area contributed by atoms with Gasteiger partial charge in [-0.15, -0.1) is 23.8 Å². The molecule has 1 aliphatic heterocycles. The molecule has 242 valence electrons. The number of hydrogen-bond acceptors (Lipinski definition) is 4. The number of benzene rings is 4. The number of para-hydroxylation sites is 1. The van der Waals surface area contributed by atoms with Gasteiger partial charge < -0.3 is 9.15 Å². The third kappa shape index (κ3) is 5.02. The van der Waals surface area contributed by atoms with Crippen molar-refractivity contribution in [1.29, 1.82) is 0 Å². The summed E-state index contributed by atoms with van der Waals surface area (Å²) in [5, 5.41) is 7.35. The van der Waals surface area contributed by atoms with Crippen molar-refractivity contribution in [3.8, 4) is 39.7 Å². The molecule has 0 N–H and O–H groups in total. The maximum Gasteiger partial charge on any atom is 2.00 e. The number of furan rings is 1. The van der Waals surface area contributed by atoms with E-state index in [0.717, 1.165) is 55.8 Å². The number of pyridine rings is 1. The fourth-order valence-electron chi connectivity index (χ4n) is 6.78. The van der Waals surface area contributed by atoms with Gasteiger partial charge in [0.25, 0.3) is 0 Å².